The molecule has 1 unspecified atom stereocenters. The smallest absolute Gasteiger partial charge is 0.259 e. The van der Waals surface area contributed by atoms with E-state index in [-0.39, 0.29) is 17.6 Å². The third-order valence-corrected chi connectivity index (χ3v) is 3.72. The number of halogens is 2. The Morgan fingerprint density at radius 2 is 2.05 bits per heavy atom. The lowest BCUT2D eigenvalue weighted by atomic mass is 10.1. The Balaban J connectivity index is 2.29. The molecule has 1 aromatic carbocycles. The minimum Gasteiger partial charge on any atom is -0.376 e. The Bertz CT molecular complexity index is 588. The number of hydrogen-bond donors (Lipinski definition) is 0. The van der Waals surface area contributed by atoms with Gasteiger partial charge in [0.1, 0.15) is 17.2 Å². The largest absolute Gasteiger partial charge is 0.376 e. The fraction of sp³-hybridized carbons (Fsp3) is 0.500. The van der Waals surface area contributed by atoms with Crippen molar-refractivity contribution >= 4 is 5.91 Å². The first kappa shape index (κ1) is 16.4. The Morgan fingerprint density at radius 3 is 2.59 bits per heavy atom. The first-order valence-corrected chi connectivity index (χ1v) is 7.24. The van der Waals surface area contributed by atoms with Gasteiger partial charge in [0.15, 0.2) is 0 Å². The summed E-state index contributed by atoms with van der Waals surface area (Å²) >= 11 is 0. The quantitative estimate of drug-likeness (QED) is 0.844. The van der Waals surface area contributed by atoms with Gasteiger partial charge >= 0.3 is 0 Å². The number of carbonyl (C=O) groups is 1. The van der Waals surface area contributed by atoms with Gasteiger partial charge in [0, 0.05) is 19.7 Å². The van der Waals surface area contributed by atoms with E-state index in [0.717, 1.165) is 12.1 Å². The number of nitrogens with zero attached hydrogens (tertiary/aromatic N) is 2. The summed E-state index contributed by atoms with van der Waals surface area (Å²) in [7, 11) is 0. The molecule has 1 aliphatic rings. The van der Waals surface area contributed by atoms with Gasteiger partial charge in [-0.3, -0.25) is 4.79 Å². The summed E-state index contributed by atoms with van der Waals surface area (Å²) in [6, 6.07) is 3.42. The number of rotatable bonds is 2. The van der Waals surface area contributed by atoms with E-state index in [4.69, 9.17) is 10.00 Å². The van der Waals surface area contributed by atoms with E-state index in [0.29, 0.717) is 26.1 Å². The maximum Gasteiger partial charge on any atom is 0.259 e. The van der Waals surface area contributed by atoms with Crippen molar-refractivity contribution in [2.24, 2.45) is 5.92 Å². The SMILES string of the molecule is CC(C)C1CN(C(=O)c2c(F)cc(C#N)cc2F)CCCO1. The van der Waals surface area contributed by atoms with Gasteiger partial charge in [-0.1, -0.05) is 13.8 Å². The molecule has 1 atom stereocenters. The van der Waals surface area contributed by atoms with Crippen LogP contribution in [-0.4, -0.2) is 36.6 Å². The molecule has 4 nitrogen and oxygen atoms in total. The van der Waals surface area contributed by atoms with Gasteiger partial charge in [-0.05, 0) is 24.5 Å². The number of nitriles is 1. The van der Waals surface area contributed by atoms with Crippen LogP contribution in [0.4, 0.5) is 8.78 Å². The molecule has 1 amide bonds. The van der Waals surface area contributed by atoms with Crippen LogP contribution in [0, 0.1) is 28.9 Å². The predicted molar refractivity (Wildman–Crippen MR) is 76.2 cm³/mol. The van der Waals surface area contributed by atoms with Crippen molar-refractivity contribution in [2.75, 3.05) is 19.7 Å². The topological polar surface area (TPSA) is 53.3 Å². The second-order valence-corrected chi connectivity index (χ2v) is 5.68. The van der Waals surface area contributed by atoms with Gasteiger partial charge in [-0.2, -0.15) is 5.26 Å². The van der Waals surface area contributed by atoms with Crippen LogP contribution in [-0.2, 0) is 4.74 Å². The molecule has 6 heteroatoms. The van der Waals surface area contributed by atoms with E-state index >= 15 is 0 Å². The van der Waals surface area contributed by atoms with Crippen LogP contribution in [0.5, 0.6) is 0 Å². The number of amides is 1. The van der Waals surface area contributed by atoms with Crippen molar-refractivity contribution in [3.63, 3.8) is 0 Å². The first-order chi connectivity index (χ1) is 10.4. The monoisotopic (exact) mass is 308 g/mol. The third kappa shape index (κ3) is 3.42. The van der Waals surface area contributed by atoms with Crippen molar-refractivity contribution in [3.8, 4) is 6.07 Å². The molecule has 0 spiro atoms. The summed E-state index contributed by atoms with van der Waals surface area (Å²) in [5.41, 5.74) is -0.755. The zero-order valence-electron chi connectivity index (χ0n) is 12.6. The van der Waals surface area contributed by atoms with Crippen LogP contribution in [0.1, 0.15) is 36.2 Å². The Kier molecular flexibility index (Phi) is 5.09. The summed E-state index contributed by atoms with van der Waals surface area (Å²) in [6.45, 7) is 5.16. The highest BCUT2D eigenvalue weighted by molar-refractivity contribution is 5.95. The second kappa shape index (κ2) is 6.84. The summed E-state index contributed by atoms with van der Waals surface area (Å²) in [4.78, 5) is 13.9. The third-order valence-electron chi connectivity index (χ3n) is 3.72. The van der Waals surface area contributed by atoms with Crippen LogP contribution in [0.3, 0.4) is 0 Å². The molecule has 118 valence electrons. The predicted octanol–water partition coefficient (Wildman–Crippen LogP) is 2.72. The molecule has 1 aliphatic heterocycles. The lowest BCUT2D eigenvalue weighted by Gasteiger charge is -2.26. The maximum atomic E-state index is 14.0. The van der Waals surface area contributed by atoms with E-state index in [1.165, 1.54) is 4.90 Å². The maximum absolute atomic E-state index is 14.0. The van der Waals surface area contributed by atoms with E-state index in [9.17, 15) is 13.6 Å². The molecular weight excluding hydrogens is 290 g/mol. The highest BCUT2D eigenvalue weighted by atomic mass is 19.1. The van der Waals surface area contributed by atoms with Crippen LogP contribution < -0.4 is 0 Å². The van der Waals surface area contributed by atoms with Crippen LogP contribution in [0.25, 0.3) is 0 Å². The Labute approximate surface area is 128 Å². The molecule has 0 aliphatic carbocycles. The van der Waals surface area contributed by atoms with E-state index in [2.05, 4.69) is 0 Å². The molecule has 0 saturated carbocycles. The minimum absolute atomic E-state index is 0.147. The van der Waals surface area contributed by atoms with Crippen LogP contribution >= 0.6 is 0 Å². The fourth-order valence-corrected chi connectivity index (χ4v) is 2.44. The zero-order valence-corrected chi connectivity index (χ0v) is 12.6. The zero-order chi connectivity index (χ0) is 16.3. The van der Waals surface area contributed by atoms with E-state index in [1.54, 1.807) is 6.07 Å². The molecular formula is C16H18F2N2O2. The van der Waals surface area contributed by atoms with Crippen LogP contribution in [0.15, 0.2) is 12.1 Å². The second-order valence-electron chi connectivity index (χ2n) is 5.68. The highest BCUT2D eigenvalue weighted by Crippen LogP contribution is 2.20. The van der Waals surface area contributed by atoms with Crippen molar-refractivity contribution in [1.29, 1.82) is 5.26 Å². The summed E-state index contributed by atoms with van der Waals surface area (Å²) < 4.78 is 33.6. The van der Waals surface area contributed by atoms with Gasteiger partial charge in [0.05, 0.1) is 17.7 Å². The molecule has 0 bridgehead atoms. The first-order valence-electron chi connectivity index (χ1n) is 7.24. The molecule has 1 fully saturated rings. The van der Waals surface area contributed by atoms with Crippen molar-refractivity contribution in [3.05, 3.63) is 34.9 Å². The minimum atomic E-state index is -1.01. The molecule has 0 N–H and O–H groups in total. The molecule has 22 heavy (non-hydrogen) atoms. The fourth-order valence-electron chi connectivity index (χ4n) is 2.44. The van der Waals surface area contributed by atoms with Crippen molar-refractivity contribution in [1.82, 2.24) is 4.90 Å². The van der Waals surface area contributed by atoms with Gasteiger partial charge < -0.3 is 9.64 Å². The molecule has 1 heterocycles. The van der Waals surface area contributed by atoms with Crippen molar-refractivity contribution < 1.29 is 18.3 Å². The molecule has 1 aromatic rings. The van der Waals surface area contributed by atoms with Crippen molar-refractivity contribution in [2.45, 2.75) is 26.4 Å². The lowest BCUT2D eigenvalue weighted by molar-refractivity contribution is 0.0220. The normalized spacial score (nSPS) is 18.9. The Hall–Kier alpha value is -2.00. The Morgan fingerprint density at radius 1 is 1.41 bits per heavy atom. The number of benzene rings is 1. The average Bonchev–Trinajstić information content (AvgIpc) is 2.72. The average molecular weight is 308 g/mol. The molecule has 2 rings (SSSR count). The summed E-state index contributed by atoms with van der Waals surface area (Å²) in [5, 5.41) is 8.70. The standard InChI is InChI=1S/C16H18F2N2O2/c1-10(2)14-9-20(4-3-5-22-14)16(21)15-12(17)6-11(8-19)7-13(15)18/h6-7,10,14H,3-5,9H2,1-2H3. The van der Waals surface area contributed by atoms with E-state index in [1.807, 2.05) is 13.8 Å². The number of carbonyl (C=O) groups excluding carboxylic acids is 1. The van der Waals surface area contributed by atoms with Gasteiger partial charge in [0.25, 0.3) is 5.91 Å². The molecule has 0 radical (unpaired) electrons. The molecule has 0 aromatic heterocycles. The van der Waals surface area contributed by atoms with Gasteiger partial charge in [0.2, 0.25) is 0 Å². The van der Waals surface area contributed by atoms with Crippen LogP contribution in [0.2, 0.25) is 0 Å². The van der Waals surface area contributed by atoms with Gasteiger partial charge in [-0.25, -0.2) is 8.78 Å². The number of ether oxygens (including phenoxy) is 1. The molecule has 1 saturated heterocycles. The summed E-state index contributed by atoms with van der Waals surface area (Å²) in [5.74, 6) is -2.51. The summed E-state index contributed by atoms with van der Waals surface area (Å²) in [6.07, 6.45) is 0.463. The van der Waals surface area contributed by atoms with Gasteiger partial charge in [-0.15, -0.1) is 0 Å². The number of hydrogen-bond acceptors (Lipinski definition) is 3. The lowest BCUT2D eigenvalue weighted by Crippen LogP contribution is -2.39. The van der Waals surface area contributed by atoms with E-state index < -0.39 is 23.1 Å². The highest BCUT2D eigenvalue weighted by Gasteiger charge is 2.29.